The predicted octanol–water partition coefficient (Wildman–Crippen LogP) is 0.581. The minimum absolute atomic E-state index is 0.174. The van der Waals surface area contributed by atoms with Crippen LogP contribution in [0.1, 0.15) is 6.92 Å². The van der Waals surface area contributed by atoms with Gasteiger partial charge in [-0.15, -0.1) is 0 Å². The van der Waals surface area contributed by atoms with E-state index in [1.807, 2.05) is 0 Å². The molecule has 10 heteroatoms. The molecule has 1 aliphatic rings. The van der Waals surface area contributed by atoms with Crippen molar-refractivity contribution in [3.63, 3.8) is 0 Å². The van der Waals surface area contributed by atoms with E-state index in [1.165, 1.54) is 28.8 Å². The minimum Gasteiger partial charge on any atom is -0.354 e. The smallest absolute Gasteiger partial charge is 0.277 e. The largest absolute Gasteiger partial charge is 0.354 e. The van der Waals surface area contributed by atoms with Crippen LogP contribution < -0.4 is 21.1 Å². The molecular weight excluding hydrogens is 354 g/mol. The van der Waals surface area contributed by atoms with E-state index in [2.05, 4.69) is 30.6 Å². The number of anilines is 2. The van der Waals surface area contributed by atoms with E-state index in [-0.39, 0.29) is 11.5 Å². The summed E-state index contributed by atoms with van der Waals surface area (Å²) in [5.41, 5.74) is 1.09. The maximum atomic E-state index is 12.5. The van der Waals surface area contributed by atoms with Crippen LogP contribution in [0.2, 0.25) is 0 Å². The van der Waals surface area contributed by atoms with Crippen molar-refractivity contribution in [3.8, 4) is 10.6 Å². The molecule has 4 heterocycles. The molecule has 9 nitrogen and oxygen atoms in total. The number of piperazine rings is 1. The summed E-state index contributed by atoms with van der Waals surface area (Å²) in [4.78, 5) is 35.0. The fourth-order valence-electron chi connectivity index (χ4n) is 2.80. The maximum Gasteiger partial charge on any atom is 0.277 e. The zero-order valence-electron chi connectivity index (χ0n) is 14.1. The van der Waals surface area contributed by atoms with Gasteiger partial charge in [0.1, 0.15) is 10.8 Å². The molecule has 0 bridgehead atoms. The number of nitrogens with zero attached hydrogens (tertiary/aromatic N) is 5. The third-order valence-electron chi connectivity index (χ3n) is 3.98. The van der Waals surface area contributed by atoms with Crippen LogP contribution in [-0.4, -0.2) is 51.7 Å². The number of hydrogen-bond donors (Lipinski definition) is 2. The lowest BCUT2D eigenvalue weighted by molar-refractivity contribution is -0.114. The van der Waals surface area contributed by atoms with Crippen molar-refractivity contribution in [1.29, 1.82) is 0 Å². The fraction of sp³-hybridized carbons (Fsp3) is 0.312. The average molecular weight is 371 g/mol. The molecule has 26 heavy (non-hydrogen) atoms. The summed E-state index contributed by atoms with van der Waals surface area (Å²) in [6.07, 6.45) is 3.20. The summed E-state index contributed by atoms with van der Waals surface area (Å²) in [7, 11) is 0. The second kappa shape index (κ2) is 6.81. The van der Waals surface area contributed by atoms with Crippen molar-refractivity contribution in [1.82, 2.24) is 24.9 Å². The molecule has 0 spiro atoms. The summed E-state index contributed by atoms with van der Waals surface area (Å²) in [5, 5.41) is 11.0. The predicted molar refractivity (Wildman–Crippen MR) is 99.8 cm³/mol. The highest BCUT2D eigenvalue weighted by Crippen LogP contribution is 2.26. The average Bonchev–Trinajstić information content (AvgIpc) is 3.07. The van der Waals surface area contributed by atoms with Crippen molar-refractivity contribution in [3.05, 3.63) is 34.9 Å². The second-order valence-electron chi connectivity index (χ2n) is 5.93. The molecule has 0 unspecified atom stereocenters. The Morgan fingerprint density at radius 3 is 2.85 bits per heavy atom. The molecule has 4 rings (SSSR count). The lowest BCUT2D eigenvalue weighted by atomic mass is 10.3. The Labute approximate surface area is 152 Å². The van der Waals surface area contributed by atoms with Crippen LogP contribution in [0.3, 0.4) is 0 Å². The summed E-state index contributed by atoms with van der Waals surface area (Å²) >= 11 is 1.32. The summed E-state index contributed by atoms with van der Waals surface area (Å²) < 4.78 is 1.30. The number of aromatic nitrogens is 4. The standard InChI is InChI=1S/C16H17N7O2S/c1-10(24)19-12-6-11(8-18-9-12)15-21-23-14(25)7-13(20-16(23)26-15)22-4-2-17-3-5-22/h6-9,17H,2-5H2,1H3,(H,19,24). The highest BCUT2D eigenvalue weighted by molar-refractivity contribution is 7.19. The van der Waals surface area contributed by atoms with Gasteiger partial charge in [0.05, 0.1) is 11.9 Å². The van der Waals surface area contributed by atoms with Crippen LogP contribution in [0.5, 0.6) is 0 Å². The molecule has 0 aromatic carbocycles. The number of rotatable bonds is 3. The van der Waals surface area contributed by atoms with Gasteiger partial charge in [-0.3, -0.25) is 14.6 Å². The molecule has 0 saturated carbocycles. The van der Waals surface area contributed by atoms with Gasteiger partial charge in [0.15, 0.2) is 0 Å². The quantitative estimate of drug-likeness (QED) is 0.694. The van der Waals surface area contributed by atoms with Crippen molar-refractivity contribution in [2.24, 2.45) is 0 Å². The topological polar surface area (TPSA) is 105 Å². The minimum atomic E-state index is -0.211. The van der Waals surface area contributed by atoms with Gasteiger partial charge in [0.2, 0.25) is 10.9 Å². The number of carbonyl (C=O) groups excluding carboxylic acids is 1. The van der Waals surface area contributed by atoms with E-state index in [0.717, 1.165) is 31.7 Å². The fourth-order valence-corrected chi connectivity index (χ4v) is 3.68. The Morgan fingerprint density at radius 1 is 1.27 bits per heavy atom. The number of hydrogen-bond acceptors (Lipinski definition) is 8. The Hall–Kier alpha value is -2.85. The van der Waals surface area contributed by atoms with Crippen molar-refractivity contribution in [2.75, 3.05) is 36.4 Å². The molecule has 1 saturated heterocycles. The van der Waals surface area contributed by atoms with Crippen LogP contribution in [0, 0.1) is 0 Å². The molecule has 2 N–H and O–H groups in total. The molecule has 1 amide bonds. The Bertz CT molecular complexity index is 1020. The van der Waals surface area contributed by atoms with Crippen molar-refractivity contribution in [2.45, 2.75) is 6.92 Å². The van der Waals surface area contributed by atoms with E-state index in [1.54, 1.807) is 18.5 Å². The first-order valence-corrected chi connectivity index (χ1v) is 9.01. The van der Waals surface area contributed by atoms with E-state index in [0.29, 0.717) is 21.5 Å². The van der Waals surface area contributed by atoms with E-state index < -0.39 is 0 Å². The van der Waals surface area contributed by atoms with Gasteiger partial charge < -0.3 is 15.5 Å². The van der Waals surface area contributed by atoms with Crippen molar-refractivity contribution < 1.29 is 4.79 Å². The summed E-state index contributed by atoms with van der Waals surface area (Å²) in [6, 6.07) is 3.29. The third kappa shape index (κ3) is 3.28. The SMILES string of the molecule is CC(=O)Nc1cncc(-c2nn3c(=O)cc(N4CCNCC4)nc3s2)c1. The molecule has 1 fully saturated rings. The van der Waals surface area contributed by atoms with Crippen LogP contribution in [0.15, 0.2) is 29.3 Å². The molecule has 0 radical (unpaired) electrons. The van der Waals surface area contributed by atoms with E-state index in [9.17, 15) is 9.59 Å². The summed E-state index contributed by atoms with van der Waals surface area (Å²) in [5.74, 6) is 0.503. The molecule has 1 aliphatic heterocycles. The van der Waals surface area contributed by atoms with Gasteiger partial charge in [-0.05, 0) is 6.07 Å². The lowest BCUT2D eigenvalue weighted by Crippen LogP contribution is -2.44. The van der Waals surface area contributed by atoms with Crippen molar-refractivity contribution >= 4 is 33.7 Å². The van der Waals surface area contributed by atoms with E-state index in [4.69, 9.17) is 0 Å². The van der Waals surface area contributed by atoms with Crippen LogP contribution in [0.25, 0.3) is 15.5 Å². The number of nitrogens with one attached hydrogen (secondary N) is 2. The Balaban J connectivity index is 1.72. The monoisotopic (exact) mass is 371 g/mol. The maximum absolute atomic E-state index is 12.5. The normalized spacial score (nSPS) is 14.6. The van der Waals surface area contributed by atoms with Gasteiger partial charge in [-0.25, -0.2) is 4.98 Å². The number of fused-ring (bicyclic) bond motifs is 1. The van der Waals surface area contributed by atoms with E-state index >= 15 is 0 Å². The molecule has 3 aromatic rings. The number of pyridine rings is 1. The first-order valence-electron chi connectivity index (χ1n) is 8.20. The number of amides is 1. The molecule has 0 atom stereocenters. The van der Waals surface area contributed by atoms with Crippen LogP contribution in [-0.2, 0) is 4.79 Å². The highest BCUT2D eigenvalue weighted by Gasteiger charge is 2.16. The zero-order chi connectivity index (χ0) is 18.1. The van der Waals surface area contributed by atoms with Gasteiger partial charge in [0, 0.05) is 50.9 Å². The number of carbonyl (C=O) groups is 1. The van der Waals surface area contributed by atoms with Crippen LogP contribution in [0.4, 0.5) is 11.5 Å². The van der Waals surface area contributed by atoms with Gasteiger partial charge in [0.25, 0.3) is 5.56 Å². The first-order chi connectivity index (χ1) is 12.6. The molecule has 0 aliphatic carbocycles. The molecule has 3 aromatic heterocycles. The molecular formula is C16H17N7O2S. The Kier molecular flexibility index (Phi) is 4.35. The Morgan fingerprint density at radius 2 is 2.08 bits per heavy atom. The highest BCUT2D eigenvalue weighted by atomic mass is 32.1. The zero-order valence-corrected chi connectivity index (χ0v) is 14.9. The molecule has 134 valence electrons. The second-order valence-corrected chi connectivity index (χ2v) is 6.89. The first kappa shape index (κ1) is 16.6. The summed E-state index contributed by atoms with van der Waals surface area (Å²) in [6.45, 7) is 4.81. The van der Waals surface area contributed by atoms with Gasteiger partial charge in [-0.1, -0.05) is 11.3 Å². The van der Waals surface area contributed by atoms with Crippen LogP contribution >= 0.6 is 11.3 Å². The van der Waals surface area contributed by atoms with Gasteiger partial charge in [-0.2, -0.15) is 9.61 Å². The third-order valence-corrected chi connectivity index (χ3v) is 4.94. The van der Waals surface area contributed by atoms with Gasteiger partial charge >= 0.3 is 0 Å². The lowest BCUT2D eigenvalue weighted by Gasteiger charge is -2.27.